The Morgan fingerprint density at radius 2 is 2.08 bits per heavy atom. The number of hydrogen-bond acceptors (Lipinski definition) is 5. The number of non-ortho nitro benzene ring substituents is 1. The van der Waals surface area contributed by atoms with Crippen LogP contribution in [0.3, 0.4) is 0 Å². The number of ether oxygens (including phenoxy) is 1. The summed E-state index contributed by atoms with van der Waals surface area (Å²) in [6.45, 7) is 2.14. The number of aldehydes is 1. The fourth-order valence-electron chi connectivity index (χ4n) is 2.47. The van der Waals surface area contributed by atoms with E-state index in [4.69, 9.17) is 4.74 Å². The number of rotatable bonds is 8. The Bertz CT molecular complexity index is 742. The average Bonchev–Trinajstić information content (AvgIpc) is 2.58. The van der Waals surface area contributed by atoms with Crippen molar-refractivity contribution in [3.63, 3.8) is 0 Å². The third-order valence-electron chi connectivity index (χ3n) is 3.64. The van der Waals surface area contributed by atoms with Gasteiger partial charge in [0.15, 0.2) is 0 Å². The van der Waals surface area contributed by atoms with E-state index in [-0.39, 0.29) is 24.5 Å². The third kappa shape index (κ3) is 4.10. The number of hydrogen-bond donors (Lipinski definition) is 1. The lowest BCUT2D eigenvalue weighted by Gasteiger charge is -2.15. The highest BCUT2D eigenvalue weighted by atomic mass is 16.6. The highest BCUT2D eigenvalue weighted by Gasteiger charge is 2.14. The SMILES string of the molecule is CCCc1c(OCc2cccc([N+](=O)[O-])c2)ccc(CC=O)c1O. The van der Waals surface area contributed by atoms with Crippen molar-refractivity contribution in [3.8, 4) is 11.5 Å². The molecular formula is C18H19NO5. The minimum absolute atomic E-state index is 0.00839. The fourth-order valence-corrected chi connectivity index (χ4v) is 2.47. The molecule has 0 saturated carbocycles. The minimum atomic E-state index is -0.452. The van der Waals surface area contributed by atoms with E-state index in [0.29, 0.717) is 28.9 Å². The van der Waals surface area contributed by atoms with Crippen molar-refractivity contribution >= 4 is 12.0 Å². The summed E-state index contributed by atoms with van der Waals surface area (Å²) in [5, 5.41) is 21.1. The van der Waals surface area contributed by atoms with Gasteiger partial charge in [-0.25, -0.2) is 0 Å². The van der Waals surface area contributed by atoms with E-state index in [1.807, 2.05) is 6.92 Å². The number of carbonyl (C=O) groups excluding carboxylic acids is 1. The van der Waals surface area contributed by atoms with Crippen molar-refractivity contribution < 1.29 is 19.6 Å². The minimum Gasteiger partial charge on any atom is -0.507 e. The van der Waals surface area contributed by atoms with Crippen LogP contribution in [0.2, 0.25) is 0 Å². The van der Waals surface area contributed by atoms with Gasteiger partial charge in [-0.2, -0.15) is 0 Å². The van der Waals surface area contributed by atoms with Crippen LogP contribution in [-0.2, 0) is 24.2 Å². The maximum Gasteiger partial charge on any atom is 0.269 e. The summed E-state index contributed by atoms with van der Waals surface area (Å²) < 4.78 is 5.75. The molecule has 0 atom stereocenters. The molecule has 6 nitrogen and oxygen atoms in total. The van der Waals surface area contributed by atoms with Gasteiger partial charge in [0.05, 0.1) is 4.92 Å². The van der Waals surface area contributed by atoms with Crippen LogP contribution in [0.25, 0.3) is 0 Å². The standard InChI is InChI=1S/C18H19NO5/c1-2-4-16-17(8-7-14(9-10-20)18(16)21)24-12-13-5-3-6-15(11-13)19(22)23/h3,5-8,10-11,21H,2,4,9,12H2,1H3. The van der Waals surface area contributed by atoms with Crippen LogP contribution in [0.5, 0.6) is 11.5 Å². The molecule has 6 heteroatoms. The van der Waals surface area contributed by atoms with Gasteiger partial charge >= 0.3 is 0 Å². The van der Waals surface area contributed by atoms with Crippen LogP contribution < -0.4 is 4.74 Å². The van der Waals surface area contributed by atoms with Crippen molar-refractivity contribution in [1.82, 2.24) is 0 Å². The van der Waals surface area contributed by atoms with Gasteiger partial charge in [0.1, 0.15) is 24.4 Å². The Hall–Kier alpha value is -2.89. The number of phenols is 1. The lowest BCUT2D eigenvalue weighted by molar-refractivity contribution is -0.384. The van der Waals surface area contributed by atoms with Crippen LogP contribution in [0.15, 0.2) is 36.4 Å². The molecule has 0 heterocycles. The molecule has 126 valence electrons. The van der Waals surface area contributed by atoms with E-state index in [9.17, 15) is 20.0 Å². The van der Waals surface area contributed by atoms with Crippen LogP contribution in [0, 0.1) is 10.1 Å². The molecule has 2 aromatic carbocycles. The predicted molar refractivity (Wildman–Crippen MR) is 89.3 cm³/mol. The molecule has 0 spiro atoms. The largest absolute Gasteiger partial charge is 0.507 e. The number of nitrogens with zero attached hydrogens (tertiary/aromatic N) is 1. The topological polar surface area (TPSA) is 89.7 Å². The summed E-state index contributed by atoms with van der Waals surface area (Å²) in [7, 11) is 0. The van der Waals surface area contributed by atoms with Crippen molar-refractivity contribution in [2.75, 3.05) is 0 Å². The zero-order valence-corrected chi connectivity index (χ0v) is 13.4. The molecular weight excluding hydrogens is 310 g/mol. The van der Waals surface area contributed by atoms with Crippen LogP contribution in [0.4, 0.5) is 5.69 Å². The van der Waals surface area contributed by atoms with Gasteiger partial charge in [0, 0.05) is 29.7 Å². The van der Waals surface area contributed by atoms with E-state index in [2.05, 4.69) is 0 Å². The van der Waals surface area contributed by atoms with E-state index < -0.39 is 4.92 Å². The normalized spacial score (nSPS) is 10.4. The highest BCUT2D eigenvalue weighted by molar-refractivity contribution is 5.60. The first kappa shape index (κ1) is 17.5. The Balaban J connectivity index is 2.22. The quantitative estimate of drug-likeness (QED) is 0.454. The first-order chi connectivity index (χ1) is 11.6. The Kier molecular flexibility index (Phi) is 5.89. The maximum atomic E-state index is 10.8. The molecule has 0 unspecified atom stereocenters. The molecule has 0 saturated heterocycles. The molecule has 0 aliphatic rings. The third-order valence-corrected chi connectivity index (χ3v) is 3.64. The number of nitro benzene ring substituents is 1. The van der Waals surface area contributed by atoms with Crippen LogP contribution >= 0.6 is 0 Å². The molecule has 0 radical (unpaired) electrons. The molecule has 1 N–H and O–H groups in total. The Morgan fingerprint density at radius 3 is 2.75 bits per heavy atom. The molecule has 2 aromatic rings. The van der Waals surface area contributed by atoms with Crippen molar-refractivity contribution in [2.24, 2.45) is 0 Å². The van der Waals surface area contributed by atoms with E-state index >= 15 is 0 Å². The van der Waals surface area contributed by atoms with Gasteiger partial charge in [0.25, 0.3) is 5.69 Å². The number of benzene rings is 2. The van der Waals surface area contributed by atoms with E-state index in [0.717, 1.165) is 12.7 Å². The summed E-state index contributed by atoms with van der Waals surface area (Å²) in [4.78, 5) is 21.0. The van der Waals surface area contributed by atoms with E-state index in [1.54, 1.807) is 24.3 Å². The first-order valence-electron chi connectivity index (χ1n) is 7.70. The molecule has 0 fully saturated rings. The molecule has 24 heavy (non-hydrogen) atoms. The Morgan fingerprint density at radius 1 is 1.29 bits per heavy atom. The number of phenolic OH excluding ortho intramolecular Hbond substituents is 1. The van der Waals surface area contributed by atoms with Crippen molar-refractivity contribution in [2.45, 2.75) is 32.8 Å². The second-order valence-corrected chi connectivity index (χ2v) is 5.39. The zero-order valence-electron chi connectivity index (χ0n) is 13.4. The van der Waals surface area contributed by atoms with Gasteiger partial charge in [-0.1, -0.05) is 31.5 Å². The van der Waals surface area contributed by atoms with Gasteiger partial charge in [-0.05, 0) is 18.1 Å². The highest BCUT2D eigenvalue weighted by Crippen LogP contribution is 2.33. The molecule has 0 aromatic heterocycles. The van der Waals surface area contributed by atoms with Crippen molar-refractivity contribution in [3.05, 3.63) is 63.2 Å². The van der Waals surface area contributed by atoms with Gasteiger partial charge in [0.2, 0.25) is 0 Å². The molecule has 0 amide bonds. The van der Waals surface area contributed by atoms with Gasteiger partial charge in [-0.15, -0.1) is 0 Å². The lowest BCUT2D eigenvalue weighted by atomic mass is 10.0. The summed E-state index contributed by atoms with van der Waals surface area (Å²) in [5.74, 6) is 0.607. The van der Waals surface area contributed by atoms with E-state index in [1.165, 1.54) is 12.1 Å². The molecule has 0 bridgehead atoms. The smallest absolute Gasteiger partial charge is 0.269 e. The lowest BCUT2D eigenvalue weighted by Crippen LogP contribution is -2.01. The van der Waals surface area contributed by atoms with Crippen molar-refractivity contribution in [1.29, 1.82) is 0 Å². The van der Waals surface area contributed by atoms with Crippen LogP contribution in [-0.4, -0.2) is 16.3 Å². The summed E-state index contributed by atoms with van der Waals surface area (Å²) in [6.07, 6.45) is 2.32. The Labute approximate surface area is 139 Å². The number of nitro groups is 1. The summed E-state index contributed by atoms with van der Waals surface area (Å²) >= 11 is 0. The molecule has 0 aliphatic carbocycles. The zero-order chi connectivity index (χ0) is 17.5. The monoisotopic (exact) mass is 329 g/mol. The maximum absolute atomic E-state index is 10.8. The van der Waals surface area contributed by atoms with Crippen LogP contribution in [0.1, 0.15) is 30.0 Å². The first-order valence-corrected chi connectivity index (χ1v) is 7.70. The second-order valence-electron chi connectivity index (χ2n) is 5.39. The number of carbonyl (C=O) groups is 1. The summed E-state index contributed by atoms with van der Waals surface area (Å²) in [6, 6.07) is 9.61. The fraction of sp³-hybridized carbons (Fsp3) is 0.278. The number of aromatic hydroxyl groups is 1. The van der Waals surface area contributed by atoms with Gasteiger partial charge < -0.3 is 14.6 Å². The van der Waals surface area contributed by atoms with Gasteiger partial charge in [-0.3, -0.25) is 10.1 Å². The molecule has 0 aliphatic heterocycles. The predicted octanol–water partition coefficient (Wildman–Crippen LogP) is 3.57. The second kappa shape index (κ2) is 8.10. The molecule has 2 rings (SSSR count). The summed E-state index contributed by atoms with van der Waals surface area (Å²) in [5.41, 5.74) is 1.90. The average molecular weight is 329 g/mol.